The van der Waals surface area contributed by atoms with E-state index >= 15 is 0 Å². The zero-order chi connectivity index (χ0) is 30.7. The molecule has 0 aromatic heterocycles. The van der Waals surface area contributed by atoms with Gasteiger partial charge >= 0.3 is 5.97 Å². The normalized spacial score (nSPS) is 11.2. The SMILES string of the molecule is CCCCCCOc1cc(OCCCCCC)c(OCCCCCC)c(OCCCCCC)c1C=CC(=O)OCCC. The van der Waals surface area contributed by atoms with Gasteiger partial charge in [-0.1, -0.05) is 112 Å². The standard InChI is InChI=1S/C36H62O6/c1-6-11-15-19-26-38-32-30-33(39-27-20-16-12-7-2)36(42-29-22-18-14-9-4)35(41-28-21-17-13-8-3)31(32)23-24-34(37)40-25-10-5/h23-24,30H,6-22,25-29H2,1-5H3. The van der Waals surface area contributed by atoms with Crippen LogP contribution in [0.4, 0.5) is 0 Å². The summed E-state index contributed by atoms with van der Waals surface area (Å²) in [6, 6.07) is 1.93. The maximum absolute atomic E-state index is 12.5. The van der Waals surface area contributed by atoms with E-state index < -0.39 is 0 Å². The molecule has 0 bridgehead atoms. The van der Waals surface area contributed by atoms with Crippen molar-refractivity contribution < 1.29 is 28.5 Å². The van der Waals surface area contributed by atoms with E-state index in [4.69, 9.17) is 23.7 Å². The van der Waals surface area contributed by atoms with E-state index in [1.165, 1.54) is 51.0 Å². The molecule has 0 N–H and O–H groups in total. The highest BCUT2D eigenvalue weighted by molar-refractivity contribution is 5.89. The average molecular weight is 591 g/mol. The molecule has 0 saturated heterocycles. The molecule has 0 spiro atoms. The first-order chi connectivity index (χ1) is 20.6. The molecule has 0 aliphatic carbocycles. The van der Waals surface area contributed by atoms with Crippen LogP contribution in [0.3, 0.4) is 0 Å². The molecule has 6 nitrogen and oxygen atoms in total. The molecule has 0 saturated carbocycles. The predicted molar refractivity (Wildman–Crippen MR) is 175 cm³/mol. The van der Waals surface area contributed by atoms with Crippen molar-refractivity contribution in [1.29, 1.82) is 0 Å². The fourth-order valence-electron chi connectivity index (χ4n) is 4.50. The minimum absolute atomic E-state index is 0.377. The molecule has 1 aromatic carbocycles. The van der Waals surface area contributed by atoms with Crippen LogP contribution in [0.5, 0.6) is 23.0 Å². The molecule has 1 aromatic rings. The Morgan fingerprint density at radius 1 is 0.524 bits per heavy atom. The highest BCUT2D eigenvalue weighted by atomic mass is 16.5. The number of ether oxygens (including phenoxy) is 5. The monoisotopic (exact) mass is 590 g/mol. The molecule has 0 aliphatic rings. The topological polar surface area (TPSA) is 63.2 Å². The molecular formula is C36H62O6. The summed E-state index contributed by atoms with van der Waals surface area (Å²) < 4.78 is 31.0. The van der Waals surface area contributed by atoms with Gasteiger partial charge in [0.15, 0.2) is 11.5 Å². The summed E-state index contributed by atoms with van der Waals surface area (Å²) in [7, 11) is 0. The van der Waals surface area contributed by atoms with Gasteiger partial charge in [0.2, 0.25) is 5.75 Å². The summed E-state index contributed by atoms with van der Waals surface area (Å²) in [5.41, 5.74) is 0.705. The predicted octanol–water partition coefficient (Wildman–Crippen LogP) is 10.5. The van der Waals surface area contributed by atoms with Crippen LogP contribution in [0.25, 0.3) is 6.08 Å². The van der Waals surface area contributed by atoms with E-state index in [0.717, 1.165) is 64.2 Å². The third-order valence-corrected chi connectivity index (χ3v) is 7.04. The molecule has 42 heavy (non-hydrogen) atoms. The van der Waals surface area contributed by atoms with Gasteiger partial charge in [0.25, 0.3) is 0 Å². The van der Waals surface area contributed by atoms with Gasteiger partial charge in [-0.3, -0.25) is 0 Å². The van der Waals surface area contributed by atoms with Crippen molar-refractivity contribution in [3.05, 3.63) is 17.7 Å². The Balaban J connectivity index is 3.48. The molecule has 0 radical (unpaired) electrons. The van der Waals surface area contributed by atoms with Gasteiger partial charge in [0, 0.05) is 12.1 Å². The minimum atomic E-state index is -0.377. The Bertz CT molecular complexity index is 835. The van der Waals surface area contributed by atoms with Crippen LogP contribution in [0.2, 0.25) is 0 Å². The van der Waals surface area contributed by atoms with Crippen LogP contribution in [0.15, 0.2) is 12.1 Å². The summed E-state index contributed by atoms with van der Waals surface area (Å²) in [6.45, 7) is 13.5. The lowest BCUT2D eigenvalue weighted by Gasteiger charge is -2.22. The van der Waals surface area contributed by atoms with Gasteiger partial charge in [-0.25, -0.2) is 4.79 Å². The largest absolute Gasteiger partial charge is 0.493 e. The Kier molecular flexibility index (Phi) is 23.6. The molecule has 0 atom stereocenters. The van der Waals surface area contributed by atoms with Crippen LogP contribution in [-0.2, 0) is 9.53 Å². The lowest BCUT2D eigenvalue weighted by Crippen LogP contribution is -2.09. The quantitative estimate of drug-likeness (QED) is 0.0549. The second-order valence-corrected chi connectivity index (χ2v) is 11.1. The van der Waals surface area contributed by atoms with E-state index in [1.54, 1.807) is 6.08 Å². The van der Waals surface area contributed by atoms with Gasteiger partial charge in [-0.05, 0) is 38.2 Å². The van der Waals surface area contributed by atoms with E-state index in [2.05, 4.69) is 27.7 Å². The fraction of sp³-hybridized carbons (Fsp3) is 0.750. The van der Waals surface area contributed by atoms with Gasteiger partial charge in [-0.15, -0.1) is 0 Å². The molecule has 0 aliphatic heterocycles. The Hall–Kier alpha value is -2.37. The van der Waals surface area contributed by atoms with Crippen molar-refractivity contribution in [3.8, 4) is 23.0 Å². The van der Waals surface area contributed by atoms with Crippen LogP contribution in [0.1, 0.15) is 149 Å². The van der Waals surface area contributed by atoms with Crippen molar-refractivity contribution in [2.75, 3.05) is 33.0 Å². The van der Waals surface area contributed by atoms with Crippen molar-refractivity contribution in [1.82, 2.24) is 0 Å². The lowest BCUT2D eigenvalue weighted by atomic mass is 10.1. The maximum atomic E-state index is 12.5. The summed E-state index contributed by atoms with van der Waals surface area (Å²) in [6.07, 6.45) is 21.7. The number of carbonyl (C=O) groups is 1. The molecule has 0 amide bonds. The van der Waals surface area contributed by atoms with Gasteiger partial charge < -0.3 is 23.7 Å². The Labute approximate surface area is 257 Å². The van der Waals surface area contributed by atoms with Crippen molar-refractivity contribution in [2.45, 2.75) is 144 Å². The lowest BCUT2D eigenvalue weighted by molar-refractivity contribution is -0.137. The zero-order valence-electron chi connectivity index (χ0n) is 27.7. The maximum Gasteiger partial charge on any atom is 0.330 e. The summed E-state index contributed by atoms with van der Waals surface area (Å²) in [5, 5.41) is 0. The first-order valence-corrected chi connectivity index (χ1v) is 17.2. The summed E-state index contributed by atoms with van der Waals surface area (Å²) >= 11 is 0. The van der Waals surface area contributed by atoms with Crippen LogP contribution in [-0.4, -0.2) is 39.0 Å². The van der Waals surface area contributed by atoms with Gasteiger partial charge in [0.1, 0.15) is 5.75 Å². The summed E-state index contributed by atoms with van der Waals surface area (Å²) in [4.78, 5) is 12.5. The van der Waals surface area contributed by atoms with Crippen LogP contribution >= 0.6 is 0 Å². The number of rotatable bonds is 28. The van der Waals surface area contributed by atoms with Gasteiger partial charge in [-0.2, -0.15) is 0 Å². The summed E-state index contributed by atoms with van der Waals surface area (Å²) in [5.74, 6) is 2.13. The molecule has 0 unspecified atom stereocenters. The number of esters is 1. The van der Waals surface area contributed by atoms with E-state index in [9.17, 15) is 4.79 Å². The third-order valence-electron chi connectivity index (χ3n) is 7.04. The fourth-order valence-corrected chi connectivity index (χ4v) is 4.50. The number of hydrogen-bond donors (Lipinski definition) is 0. The molecule has 1 rings (SSSR count). The number of carbonyl (C=O) groups excluding carboxylic acids is 1. The first-order valence-electron chi connectivity index (χ1n) is 17.2. The zero-order valence-corrected chi connectivity index (χ0v) is 27.7. The number of hydrogen-bond acceptors (Lipinski definition) is 6. The highest BCUT2D eigenvalue weighted by Gasteiger charge is 2.23. The minimum Gasteiger partial charge on any atom is -0.493 e. The number of unbranched alkanes of at least 4 members (excludes halogenated alkanes) is 12. The molecule has 0 heterocycles. The molecule has 6 heteroatoms. The smallest absolute Gasteiger partial charge is 0.330 e. The Morgan fingerprint density at radius 3 is 1.45 bits per heavy atom. The molecular weight excluding hydrogens is 528 g/mol. The van der Waals surface area contributed by atoms with Gasteiger partial charge in [0.05, 0.1) is 38.6 Å². The second kappa shape index (κ2) is 26.3. The number of benzene rings is 1. The van der Waals surface area contributed by atoms with Crippen molar-refractivity contribution in [2.24, 2.45) is 0 Å². The van der Waals surface area contributed by atoms with E-state index in [1.807, 2.05) is 13.0 Å². The second-order valence-electron chi connectivity index (χ2n) is 11.1. The molecule has 0 fully saturated rings. The Morgan fingerprint density at radius 2 is 0.976 bits per heavy atom. The van der Waals surface area contributed by atoms with Crippen LogP contribution < -0.4 is 18.9 Å². The van der Waals surface area contributed by atoms with Crippen LogP contribution in [0, 0.1) is 0 Å². The molecule has 242 valence electrons. The van der Waals surface area contributed by atoms with Crippen molar-refractivity contribution in [3.63, 3.8) is 0 Å². The van der Waals surface area contributed by atoms with E-state index in [0.29, 0.717) is 61.6 Å². The highest BCUT2D eigenvalue weighted by Crippen LogP contribution is 2.47. The third kappa shape index (κ3) is 16.9. The van der Waals surface area contributed by atoms with Crippen molar-refractivity contribution >= 4 is 12.0 Å². The van der Waals surface area contributed by atoms with E-state index in [-0.39, 0.29) is 5.97 Å². The average Bonchev–Trinajstić information content (AvgIpc) is 2.99. The first kappa shape index (κ1) is 37.7.